The summed E-state index contributed by atoms with van der Waals surface area (Å²) >= 11 is 1.48. The molecule has 15 nitrogen and oxygen atoms in total. The smallest absolute Gasteiger partial charge is 0.259 e. The number of nitrogens with zero attached hydrogens (tertiary/aromatic N) is 5. The lowest BCUT2D eigenvalue weighted by molar-refractivity contribution is -0.148. The molecule has 7 rings (SSSR count). The van der Waals surface area contributed by atoms with Gasteiger partial charge in [-0.2, -0.15) is 0 Å². The van der Waals surface area contributed by atoms with Gasteiger partial charge in [0.2, 0.25) is 27.7 Å². The van der Waals surface area contributed by atoms with Gasteiger partial charge in [0.1, 0.15) is 34.9 Å². The summed E-state index contributed by atoms with van der Waals surface area (Å²) < 4.78 is 40.1. The van der Waals surface area contributed by atoms with Gasteiger partial charge in [0.15, 0.2) is 5.13 Å². The van der Waals surface area contributed by atoms with Crippen LogP contribution in [0.5, 0.6) is 11.5 Å². The molecule has 0 spiro atoms. The molecule has 17 heteroatoms. The molecule has 4 amide bonds. The van der Waals surface area contributed by atoms with Crippen LogP contribution < -0.4 is 24.4 Å². The lowest BCUT2D eigenvalue weighted by atomic mass is 9.77. The number of hydrogen-bond acceptors (Lipinski definition) is 12. The fourth-order valence-corrected chi connectivity index (χ4v) is 10.2. The standard InChI is InChI=1S/C42H55N7O8S2/c1-8-25-22-42(25,39(53)46-59(54,55)28-13-14-28)45-37(51)34-19-27(23-49(34)38(52)30(41(2,3)4)20-36(50)48-16-10-9-11-17-48)57-35-21-32(33-24-58-40(44-33)47(5)6)43-31-18-26(56-7)12-15-29(31)35/h8,12,15,18,21,24-25,27-28,30,34H,1,9-11,13-14,16-17,19-20,22-23H2,2-7H3,(H,45,51)(H,46,53)/t25-,27-,30-,34+,42-/m1/s1. The third kappa shape index (κ3) is 8.91. The first-order valence-electron chi connectivity index (χ1n) is 20.3. The number of pyridine rings is 1. The highest BCUT2D eigenvalue weighted by Gasteiger charge is 2.62. The molecule has 4 fully saturated rings. The van der Waals surface area contributed by atoms with Crippen molar-refractivity contribution in [3.8, 4) is 22.9 Å². The van der Waals surface area contributed by atoms with Gasteiger partial charge in [-0.1, -0.05) is 26.8 Å². The van der Waals surface area contributed by atoms with E-state index in [1.54, 1.807) is 25.3 Å². The summed E-state index contributed by atoms with van der Waals surface area (Å²) in [4.78, 5) is 71.7. The molecule has 2 aliphatic heterocycles. The van der Waals surface area contributed by atoms with Gasteiger partial charge in [0.05, 0.1) is 36.0 Å². The summed E-state index contributed by atoms with van der Waals surface area (Å²) in [5.41, 5.74) is -0.393. The minimum Gasteiger partial charge on any atom is -0.497 e. The van der Waals surface area contributed by atoms with E-state index < -0.39 is 62.0 Å². The topological polar surface area (TPSA) is 180 Å². The Balaban J connectivity index is 1.22. The molecule has 0 radical (unpaired) electrons. The first-order chi connectivity index (χ1) is 27.9. The number of methoxy groups -OCH3 is 1. The SMILES string of the molecule is C=C[C@@H]1C[C@]1(NC(=O)[C@@H]1C[C@@H](Oc2cc(-c3csc(N(C)C)n3)nc3cc(OC)ccc23)CN1C(=O)[C@@H](CC(=O)N1CCCCC1)C(C)(C)C)C(=O)NS(=O)(=O)C1CC1. The van der Waals surface area contributed by atoms with Crippen LogP contribution in [-0.2, 0) is 29.2 Å². The van der Waals surface area contributed by atoms with Crippen LogP contribution in [0.15, 0.2) is 42.3 Å². The Morgan fingerprint density at radius 1 is 1.08 bits per heavy atom. The van der Waals surface area contributed by atoms with Gasteiger partial charge in [-0.25, -0.2) is 18.4 Å². The second kappa shape index (κ2) is 16.4. The number of likely N-dealkylation sites (tertiary alicyclic amines) is 2. The summed E-state index contributed by atoms with van der Waals surface area (Å²) in [6.45, 7) is 10.9. The number of benzene rings is 1. The van der Waals surface area contributed by atoms with Crippen LogP contribution in [0.2, 0.25) is 0 Å². The van der Waals surface area contributed by atoms with Crippen molar-refractivity contribution in [3.63, 3.8) is 0 Å². The van der Waals surface area contributed by atoms with Crippen molar-refractivity contribution in [1.82, 2.24) is 29.8 Å². The molecule has 4 heterocycles. The van der Waals surface area contributed by atoms with Crippen molar-refractivity contribution in [1.29, 1.82) is 0 Å². The number of sulfonamides is 1. The van der Waals surface area contributed by atoms with Gasteiger partial charge < -0.3 is 29.5 Å². The number of carbonyl (C=O) groups excluding carboxylic acids is 4. The number of piperidine rings is 1. The molecule has 4 aliphatic rings. The van der Waals surface area contributed by atoms with Gasteiger partial charge >= 0.3 is 0 Å². The minimum absolute atomic E-state index is 0.0122. The molecule has 59 heavy (non-hydrogen) atoms. The van der Waals surface area contributed by atoms with E-state index in [4.69, 9.17) is 19.4 Å². The highest BCUT2D eigenvalue weighted by atomic mass is 32.2. The molecule has 0 bridgehead atoms. The predicted octanol–water partition coefficient (Wildman–Crippen LogP) is 4.52. The molecule has 1 aromatic carbocycles. The zero-order valence-corrected chi connectivity index (χ0v) is 36.3. The average molecular weight is 850 g/mol. The zero-order chi connectivity index (χ0) is 42.4. The normalized spacial score (nSPS) is 23.7. The van der Waals surface area contributed by atoms with E-state index in [9.17, 15) is 27.6 Å². The van der Waals surface area contributed by atoms with Crippen molar-refractivity contribution < 1.29 is 37.1 Å². The number of rotatable bonds is 14. The maximum atomic E-state index is 14.9. The van der Waals surface area contributed by atoms with Crippen LogP contribution >= 0.6 is 11.3 Å². The van der Waals surface area contributed by atoms with E-state index in [0.717, 1.165) is 24.4 Å². The summed E-state index contributed by atoms with van der Waals surface area (Å²) in [6.07, 6.45) is 4.82. The molecule has 2 aromatic heterocycles. The first-order valence-corrected chi connectivity index (χ1v) is 22.7. The van der Waals surface area contributed by atoms with E-state index in [1.807, 2.05) is 56.1 Å². The number of aromatic nitrogens is 2. The minimum atomic E-state index is -3.91. The molecule has 2 aliphatic carbocycles. The highest BCUT2D eigenvalue weighted by molar-refractivity contribution is 7.91. The van der Waals surface area contributed by atoms with Crippen LogP contribution in [-0.4, -0.2) is 116 Å². The molecule has 2 saturated heterocycles. The second-order valence-electron chi connectivity index (χ2n) is 17.5. The number of amides is 4. The number of hydrogen-bond donors (Lipinski definition) is 2. The molecular formula is C42H55N7O8S2. The van der Waals surface area contributed by atoms with E-state index >= 15 is 0 Å². The third-order valence-corrected chi connectivity index (χ3v) is 14.8. The van der Waals surface area contributed by atoms with Crippen molar-refractivity contribution >= 4 is 61.0 Å². The lowest BCUT2D eigenvalue weighted by Crippen LogP contribution is -2.57. The Morgan fingerprint density at radius 3 is 2.42 bits per heavy atom. The highest BCUT2D eigenvalue weighted by Crippen LogP contribution is 2.46. The largest absolute Gasteiger partial charge is 0.497 e. The Hall–Kier alpha value is -4.77. The Labute approximate surface area is 349 Å². The molecule has 5 atom stereocenters. The lowest BCUT2D eigenvalue weighted by Gasteiger charge is -2.36. The van der Waals surface area contributed by atoms with Crippen LogP contribution in [0.3, 0.4) is 0 Å². The van der Waals surface area contributed by atoms with Crippen LogP contribution in [0.1, 0.15) is 72.1 Å². The van der Waals surface area contributed by atoms with Gasteiger partial charge in [-0.05, 0) is 56.1 Å². The number of carbonyl (C=O) groups is 4. The number of anilines is 1. The Kier molecular flexibility index (Phi) is 11.7. The number of nitrogens with one attached hydrogen (secondary N) is 2. The monoisotopic (exact) mass is 849 g/mol. The van der Waals surface area contributed by atoms with Gasteiger partial charge in [-0.15, -0.1) is 17.9 Å². The predicted molar refractivity (Wildman–Crippen MR) is 226 cm³/mol. The van der Waals surface area contributed by atoms with Crippen LogP contribution in [0, 0.1) is 17.3 Å². The summed E-state index contributed by atoms with van der Waals surface area (Å²) in [5.74, 6) is -2.13. The molecule has 0 unspecified atom stereocenters. The average Bonchev–Trinajstić information content (AvgIpc) is 4.08. The van der Waals surface area contributed by atoms with Gasteiger partial charge in [-0.3, -0.25) is 23.9 Å². The maximum Gasteiger partial charge on any atom is 0.259 e. The Bertz CT molecular complexity index is 2250. The molecular weight excluding hydrogens is 795 g/mol. The summed E-state index contributed by atoms with van der Waals surface area (Å²) in [7, 11) is 1.49. The number of thiazole rings is 1. The van der Waals surface area contributed by atoms with Crippen molar-refractivity contribution in [2.45, 2.75) is 95.1 Å². The van der Waals surface area contributed by atoms with E-state index in [-0.39, 0.29) is 37.6 Å². The van der Waals surface area contributed by atoms with E-state index in [1.165, 1.54) is 22.3 Å². The molecule has 2 N–H and O–H groups in total. The summed E-state index contributed by atoms with van der Waals surface area (Å²) in [5, 5.41) is 5.63. The van der Waals surface area contributed by atoms with Crippen molar-refractivity contribution in [2.75, 3.05) is 45.7 Å². The summed E-state index contributed by atoms with van der Waals surface area (Å²) in [6, 6.07) is 6.15. The first kappa shape index (κ1) is 42.4. The zero-order valence-electron chi connectivity index (χ0n) is 34.7. The van der Waals surface area contributed by atoms with Crippen LogP contribution in [0.4, 0.5) is 5.13 Å². The quantitative estimate of drug-likeness (QED) is 0.218. The fourth-order valence-electron chi connectivity index (χ4n) is 8.10. The second-order valence-corrected chi connectivity index (χ2v) is 20.3. The molecule has 2 saturated carbocycles. The molecule has 318 valence electrons. The number of fused-ring (bicyclic) bond motifs is 1. The van der Waals surface area contributed by atoms with Crippen molar-refractivity contribution in [3.05, 3.63) is 42.3 Å². The Morgan fingerprint density at radius 2 is 1.81 bits per heavy atom. The third-order valence-electron chi connectivity index (χ3n) is 11.9. The van der Waals surface area contributed by atoms with E-state index in [0.29, 0.717) is 59.7 Å². The number of ether oxygens (including phenoxy) is 2. The van der Waals surface area contributed by atoms with Gasteiger partial charge in [0.25, 0.3) is 5.91 Å². The van der Waals surface area contributed by atoms with Gasteiger partial charge in [0, 0.05) is 68.8 Å². The van der Waals surface area contributed by atoms with Crippen LogP contribution in [0.25, 0.3) is 22.3 Å². The fraction of sp³-hybridized carbons (Fsp3) is 0.571. The van der Waals surface area contributed by atoms with Crippen molar-refractivity contribution in [2.24, 2.45) is 17.3 Å². The molecule has 3 aromatic rings. The van der Waals surface area contributed by atoms with E-state index in [2.05, 4.69) is 16.6 Å². The maximum absolute atomic E-state index is 14.9.